The molecule has 0 N–H and O–H groups in total. The number of likely N-dealkylation sites (tertiary alicyclic amines) is 1. The highest BCUT2D eigenvalue weighted by Gasteiger charge is 2.57. The molecule has 0 aromatic rings. The minimum Gasteiger partial charge on any atom is -0.345 e. The predicted molar refractivity (Wildman–Crippen MR) is 67.4 cm³/mol. The molecule has 0 radical (unpaired) electrons. The molecule has 0 unspecified atom stereocenters. The van der Waals surface area contributed by atoms with Gasteiger partial charge in [-0.15, -0.1) is 0 Å². The summed E-state index contributed by atoms with van der Waals surface area (Å²) in [7, 11) is -1.33. The van der Waals surface area contributed by atoms with Crippen LogP contribution in [0.4, 0.5) is 0 Å². The van der Waals surface area contributed by atoms with Gasteiger partial charge in [-0.25, -0.2) is 12.7 Å². The van der Waals surface area contributed by atoms with Gasteiger partial charge in [-0.3, -0.25) is 4.79 Å². The summed E-state index contributed by atoms with van der Waals surface area (Å²) in [5.74, 6) is 0.256. The topological polar surface area (TPSA) is 57.7 Å². The van der Waals surface area contributed by atoms with Crippen LogP contribution in [0.5, 0.6) is 0 Å². The molecule has 3 rings (SSSR count). The monoisotopic (exact) mass is 272 g/mol. The van der Waals surface area contributed by atoms with Gasteiger partial charge in [-0.1, -0.05) is 6.92 Å². The van der Waals surface area contributed by atoms with Crippen LogP contribution in [0.1, 0.15) is 26.2 Å². The SMILES string of the molecule is C[C@@H]1CN(S(=O)(=O)C2CC2)C[C@]12CCN(C)C2=O. The molecule has 2 heterocycles. The molecule has 0 aromatic carbocycles. The van der Waals surface area contributed by atoms with Crippen molar-refractivity contribution in [1.29, 1.82) is 0 Å². The van der Waals surface area contributed by atoms with Crippen molar-refractivity contribution in [2.24, 2.45) is 11.3 Å². The summed E-state index contributed by atoms with van der Waals surface area (Å²) in [5.41, 5.74) is -0.448. The molecule has 2 aliphatic heterocycles. The molecular weight excluding hydrogens is 252 g/mol. The van der Waals surface area contributed by atoms with Gasteiger partial charge in [-0.2, -0.15) is 0 Å². The zero-order valence-corrected chi connectivity index (χ0v) is 11.7. The van der Waals surface area contributed by atoms with Gasteiger partial charge in [-0.05, 0) is 25.2 Å². The fraction of sp³-hybridized carbons (Fsp3) is 0.917. The highest BCUT2D eigenvalue weighted by Crippen LogP contribution is 2.46. The lowest BCUT2D eigenvalue weighted by Crippen LogP contribution is -2.39. The molecule has 2 atom stereocenters. The second kappa shape index (κ2) is 3.70. The molecule has 2 saturated heterocycles. The number of sulfonamides is 1. The molecule has 1 saturated carbocycles. The van der Waals surface area contributed by atoms with Crippen molar-refractivity contribution in [3.05, 3.63) is 0 Å². The Balaban J connectivity index is 1.87. The van der Waals surface area contributed by atoms with Crippen LogP contribution in [0, 0.1) is 11.3 Å². The van der Waals surface area contributed by atoms with Crippen LogP contribution in [-0.4, -0.2) is 55.5 Å². The Hall–Kier alpha value is -0.620. The molecule has 102 valence electrons. The van der Waals surface area contributed by atoms with Crippen LogP contribution < -0.4 is 0 Å². The lowest BCUT2D eigenvalue weighted by Gasteiger charge is -2.25. The first-order valence-corrected chi connectivity index (χ1v) is 8.13. The van der Waals surface area contributed by atoms with Crippen molar-refractivity contribution in [3.63, 3.8) is 0 Å². The summed E-state index contributed by atoms with van der Waals surface area (Å²) in [5, 5.41) is -0.172. The van der Waals surface area contributed by atoms with E-state index >= 15 is 0 Å². The predicted octanol–water partition coefficient (Wildman–Crippen LogP) is 0.279. The number of amides is 1. The molecule has 6 heteroatoms. The standard InChI is InChI=1S/C12H20N2O3S/c1-9-7-14(18(16,17)10-3-4-10)8-12(9)5-6-13(2)11(12)15/h9-10H,3-8H2,1-2H3/t9-,12-/m1/s1. The maximum atomic E-state index is 12.3. The molecular formula is C12H20N2O3S. The van der Waals surface area contributed by atoms with Gasteiger partial charge in [0.25, 0.3) is 0 Å². The van der Waals surface area contributed by atoms with E-state index in [-0.39, 0.29) is 17.1 Å². The third kappa shape index (κ3) is 1.54. The van der Waals surface area contributed by atoms with Crippen molar-refractivity contribution in [2.45, 2.75) is 31.4 Å². The molecule has 3 fully saturated rings. The highest BCUT2D eigenvalue weighted by atomic mass is 32.2. The van der Waals surface area contributed by atoms with E-state index in [4.69, 9.17) is 0 Å². The average molecular weight is 272 g/mol. The van der Waals surface area contributed by atoms with Crippen molar-refractivity contribution in [1.82, 2.24) is 9.21 Å². The number of rotatable bonds is 2. The molecule has 0 bridgehead atoms. The number of carbonyl (C=O) groups excluding carboxylic acids is 1. The van der Waals surface area contributed by atoms with Crippen molar-refractivity contribution in [2.75, 3.05) is 26.7 Å². The molecule has 1 aliphatic carbocycles. The zero-order chi connectivity index (χ0) is 13.1. The highest BCUT2D eigenvalue weighted by molar-refractivity contribution is 7.90. The quantitative estimate of drug-likeness (QED) is 0.725. The first-order chi connectivity index (χ1) is 8.38. The maximum Gasteiger partial charge on any atom is 0.230 e. The minimum atomic E-state index is -3.14. The van der Waals surface area contributed by atoms with Crippen LogP contribution in [-0.2, 0) is 14.8 Å². The van der Waals surface area contributed by atoms with Gasteiger partial charge in [0, 0.05) is 26.7 Å². The van der Waals surface area contributed by atoms with E-state index in [0.29, 0.717) is 13.1 Å². The lowest BCUT2D eigenvalue weighted by atomic mass is 9.78. The van der Waals surface area contributed by atoms with Crippen LogP contribution >= 0.6 is 0 Å². The molecule has 18 heavy (non-hydrogen) atoms. The Kier molecular flexibility index (Phi) is 2.55. The van der Waals surface area contributed by atoms with Gasteiger partial charge in [0.2, 0.25) is 15.9 Å². The summed E-state index contributed by atoms with van der Waals surface area (Å²) in [6, 6.07) is 0. The van der Waals surface area contributed by atoms with Crippen LogP contribution in [0.25, 0.3) is 0 Å². The number of carbonyl (C=O) groups is 1. The number of nitrogens with zero attached hydrogens (tertiary/aromatic N) is 2. The zero-order valence-electron chi connectivity index (χ0n) is 10.9. The van der Waals surface area contributed by atoms with Gasteiger partial charge >= 0.3 is 0 Å². The van der Waals surface area contributed by atoms with Crippen LogP contribution in [0.15, 0.2) is 0 Å². The first-order valence-electron chi connectivity index (χ1n) is 6.62. The van der Waals surface area contributed by atoms with Crippen LogP contribution in [0.2, 0.25) is 0 Å². The first kappa shape index (κ1) is 12.4. The molecule has 1 spiro atoms. The van der Waals surface area contributed by atoms with E-state index in [1.807, 2.05) is 14.0 Å². The molecule has 0 aromatic heterocycles. The van der Waals surface area contributed by atoms with Gasteiger partial charge < -0.3 is 4.90 Å². The Morgan fingerprint density at radius 3 is 2.50 bits per heavy atom. The fourth-order valence-electron chi connectivity index (χ4n) is 3.35. The second-order valence-corrected chi connectivity index (χ2v) is 8.28. The van der Waals surface area contributed by atoms with E-state index in [0.717, 1.165) is 25.8 Å². The Bertz CT molecular complexity index is 486. The molecule has 1 amide bonds. The van der Waals surface area contributed by atoms with E-state index in [1.54, 1.807) is 9.21 Å². The summed E-state index contributed by atoms with van der Waals surface area (Å²) in [6.45, 7) is 3.68. The Morgan fingerprint density at radius 1 is 1.33 bits per heavy atom. The summed E-state index contributed by atoms with van der Waals surface area (Å²) >= 11 is 0. The smallest absolute Gasteiger partial charge is 0.230 e. The molecule has 3 aliphatic rings. The summed E-state index contributed by atoms with van der Waals surface area (Å²) in [6.07, 6.45) is 2.36. The maximum absolute atomic E-state index is 12.3. The largest absolute Gasteiger partial charge is 0.345 e. The van der Waals surface area contributed by atoms with E-state index in [9.17, 15) is 13.2 Å². The second-order valence-electron chi connectivity index (χ2n) is 6.07. The van der Waals surface area contributed by atoms with E-state index in [1.165, 1.54) is 0 Å². The lowest BCUT2D eigenvalue weighted by molar-refractivity contribution is -0.135. The summed E-state index contributed by atoms with van der Waals surface area (Å²) in [4.78, 5) is 14.0. The van der Waals surface area contributed by atoms with Crippen LogP contribution in [0.3, 0.4) is 0 Å². The van der Waals surface area contributed by atoms with Crippen molar-refractivity contribution in [3.8, 4) is 0 Å². The Morgan fingerprint density at radius 2 is 2.00 bits per heavy atom. The van der Waals surface area contributed by atoms with E-state index in [2.05, 4.69) is 0 Å². The third-order valence-electron chi connectivity index (χ3n) is 4.85. The van der Waals surface area contributed by atoms with Crippen molar-refractivity contribution < 1.29 is 13.2 Å². The summed E-state index contributed by atoms with van der Waals surface area (Å²) < 4.78 is 26.1. The van der Waals surface area contributed by atoms with Crippen molar-refractivity contribution >= 4 is 15.9 Å². The third-order valence-corrected chi connectivity index (χ3v) is 7.16. The van der Waals surface area contributed by atoms with Gasteiger partial charge in [0.15, 0.2) is 0 Å². The average Bonchev–Trinajstić information content (AvgIpc) is 3.07. The normalized spacial score (nSPS) is 38.0. The Labute approximate surface area is 108 Å². The van der Waals surface area contributed by atoms with Gasteiger partial charge in [0.05, 0.1) is 10.7 Å². The number of hydrogen-bond acceptors (Lipinski definition) is 3. The van der Waals surface area contributed by atoms with E-state index < -0.39 is 15.4 Å². The minimum absolute atomic E-state index is 0.128. The van der Waals surface area contributed by atoms with Gasteiger partial charge in [0.1, 0.15) is 0 Å². The fourth-order valence-corrected chi connectivity index (χ4v) is 5.34. The number of hydrogen-bond donors (Lipinski definition) is 0. The molecule has 5 nitrogen and oxygen atoms in total.